The largest absolute Gasteiger partial charge is 0.435 e. The van der Waals surface area contributed by atoms with E-state index < -0.39 is 12.5 Å². The first-order valence-corrected chi connectivity index (χ1v) is 7.06. The summed E-state index contributed by atoms with van der Waals surface area (Å²) < 4.78 is 41.3. The third-order valence-corrected chi connectivity index (χ3v) is 3.17. The maximum atomic E-state index is 12.9. The Kier molecular flexibility index (Phi) is 4.64. The standard InChI is InChI=1S/C16H11F3N4O2/c17-11-5-1-9(2-6-11)13-20-16(23-22-13)21-14(24)10-3-7-12(8-4-10)25-15(18)19/h1-8,15H,(H2,20,21,22,23,24). The number of carbonyl (C=O) groups is 1. The third-order valence-electron chi connectivity index (χ3n) is 3.17. The van der Waals surface area contributed by atoms with Crippen LogP contribution >= 0.6 is 0 Å². The van der Waals surface area contributed by atoms with Crippen molar-refractivity contribution in [3.8, 4) is 17.1 Å². The fourth-order valence-electron chi connectivity index (χ4n) is 2.02. The Bertz CT molecular complexity index is 864. The van der Waals surface area contributed by atoms with E-state index in [0.29, 0.717) is 11.4 Å². The second-order valence-corrected chi connectivity index (χ2v) is 4.87. The quantitative estimate of drug-likeness (QED) is 0.740. The second-order valence-electron chi connectivity index (χ2n) is 4.87. The molecule has 0 aliphatic carbocycles. The maximum Gasteiger partial charge on any atom is 0.387 e. The van der Waals surface area contributed by atoms with Gasteiger partial charge in [-0.2, -0.15) is 13.8 Å². The highest BCUT2D eigenvalue weighted by atomic mass is 19.3. The van der Waals surface area contributed by atoms with Gasteiger partial charge in [0.15, 0.2) is 5.82 Å². The second kappa shape index (κ2) is 7.04. The first-order valence-electron chi connectivity index (χ1n) is 7.06. The molecular weight excluding hydrogens is 337 g/mol. The number of nitrogens with one attached hydrogen (secondary N) is 2. The number of halogens is 3. The minimum absolute atomic E-state index is 0.0252. The van der Waals surface area contributed by atoms with Gasteiger partial charge in [0.25, 0.3) is 5.91 Å². The summed E-state index contributed by atoms with van der Waals surface area (Å²) in [5.41, 5.74) is 0.817. The molecule has 1 amide bonds. The van der Waals surface area contributed by atoms with E-state index in [1.807, 2.05) is 0 Å². The van der Waals surface area contributed by atoms with E-state index in [9.17, 15) is 18.0 Å². The van der Waals surface area contributed by atoms with Gasteiger partial charge < -0.3 is 4.74 Å². The molecule has 0 saturated carbocycles. The van der Waals surface area contributed by atoms with E-state index in [2.05, 4.69) is 25.2 Å². The van der Waals surface area contributed by atoms with Crippen LogP contribution in [0.2, 0.25) is 0 Å². The SMILES string of the molecule is O=C(Nc1n[nH]c(-c2ccc(F)cc2)n1)c1ccc(OC(F)F)cc1. The molecule has 0 saturated heterocycles. The van der Waals surface area contributed by atoms with Gasteiger partial charge in [-0.05, 0) is 48.5 Å². The summed E-state index contributed by atoms with van der Waals surface area (Å²) in [7, 11) is 0. The minimum Gasteiger partial charge on any atom is -0.435 e. The highest BCUT2D eigenvalue weighted by Crippen LogP contribution is 2.18. The van der Waals surface area contributed by atoms with Crippen LogP contribution in [0.5, 0.6) is 5.75 Å². The van der Waals surface area contributed by atoms with Crippen molar-refractivity contribution in [2.24, 2.45) is 0 Å². The average Bonchev–Trinajstić information content (AvgIpc) is 3.04. The van der Waals surface area contributed by atoms with Gasteiger partial charge in [0.1, 0.15) is 11.6 Å². The van der Waals surface area contributed by atoms with E-state index >= 15 is 0 Å². The van der Waals surface area contributed by atoms with Crippen molar-refractivity contribution in [2.75, 3.05) is 5.32 Å². The maximum absolute atomic E-state index is 12.9. The number of hydrogen-bond donors (Lipinski definition) is 2. The molecule has 0 atom stereocenters. The number of carbonyl (C=O) groups excluding carboxylic acids is 1. The molecule has 0 bridgehead atoms. The Labute approximate surface area is 139 Å². The van der Waals surface area contributed by atoms with Crippen LogP contribution in [0.1, 0.15) is 10.4 Å². The molecule has 3 aromatic rings. The molecular formula is C16H11F3N4O2. The Morgan fingerprint density at radius 2 is 1.76 bits per heavy atom. The minimum atomic E-state index is -2.93. The van der Waals surface area contributed by atoms with Crippen LogP contribution in [0.15, 0.2) is 48.5 Å². The highest BCUT2D eigenvalue weighted by Gasteiger charge is 2.12. The van der Waals surface area contributed by atoms with Gasteiger partial charge in [-0.3, -0.25) is 15.2 Å². The Balaban J connectivity index is 1.68. The van der Waals surface area contributed by atoms with Gasteiger partial charge in [0.2, 0.25) is 5.95 Å². The van der Waals surface area contributed by atoms with Crippen LogP contribution < -0.4 is 10.1 Å². The molecule has 6 nitrogen and oxygen atoms in total. The summed E-state index contributed by atoms with van der Waals surface area (Å²) in [4.78, 5) is 16.2. The van der Waals surface area contributed by atoms with Crippen molar-refractivity contribution in [1.82, 2.24) is 15.2 Å². The normalized spacial score (nSPS) is 10.7. The molecule has 128 valence electrons. The Hall–Kier alpha value is -3.36. The molecule has 0 aliphatic rings. The summed E-state index contributed by atoms with van der Waals surface area (Å²) >= 11 is 0. The number of anilines is 1. The van der Waals surface area contributed by atoms with Gasteiger partial charge in [0.05, 0.1) is 0 Å². The van der Waals surface area contributed by atoms with Crippen molar-refractivity contribution in [3.05, 3.63) is 59.9 Å². The summed E-state index contributed by atoms with van der Waals surface area (Å²) in [6.07, 6.45) is 0. The lowest BCUT2D eigenvalue weighted by atomic mass is 10.2. The number of aromatic amines is 1. The van der Waals surface area contributed by atoms with Gasteiger partial charge >= 0.3 is 6.61 Å². The molecule has 2 N–H and O–H groups in total. The van der Waals surface area contributed by atoms with Crippen molar-refractivity contribution in [2.45, 2.75) is 6.61 Å². The number of ether oxygens (including phenoxy) is 1. The molecule has 0 fully saturated rings. The van der Waals surface area contributed by atoms with Crippen molar-refractivity contribution >= 4 is 11.9 Å². The number of amides is 1. The van der Waals surface area contributed by atoms with Gasteiger partial charge in [-0.1, -0.05) is 0 Å². The monoisotopic (exact) mass is 348 g/mol. The smallest absolute Gasteiger partial charge is 0.387 e. The average molecular weight is 348 g/mol. The lowest BCUT2D eigenvalue weighted by Gasteiger charge is -2.05. The van der Waals surface area contributed by atoms with Gasteiger partial charge in [0, 0.05) is 11.1 Å². The van der Waals surface area contributed by atoms with Crippen LogP contribution in [0.4, 0.5) is 19.1 Å². The summed E-state index contributed by atoms with van der Waals surface area (Å²) in [5.74, 6) is -0.569. The van der Waals surface area contributed by atoms with E-state index in [4.69, 9.17) is 0 Å². The summed E-state index contributed by atoms with van der Waals surface area (Å²) in [6, 6.07) is 10.8. The number of nitrogens with zero attached hydrogens (tertiary/aromatic N) is 2. The molecule has 0 radical (unpaired) electrons. The van der Waals surface area contributed by atoms with Crippen LogP contribution in [-0.2, 0) is 0 Å². The zero-order valence-corrected chi connectivity index (χ0v) is 12.5. The van der Waals surface area contributed by atoms with Crippen molar-refractivity contribution in [1.29, 1.82) is 0 Å². The number of H-pyrrole nitrogens is 1. The van der Waals surface area contributed by atoms with Gasteiger partial charge in [-0.15, -0.1) is 5.10 Å². The van der Waals surface area contributed by atoms with E-state index in [1.165, 1.54) is 48.5 Å². The molecule has 0 aliphatic heterocycles. The number of rotatable bonds is 5. The van der Waals surface area contributed by atoms with Crippen LogP contribution in [0.3, 0.4) is 0 Å². The zero-order chi connectivity index (χ0) is 17.8. The fourth-order valence-corrected chi connectivity index (χ4v) is 2.02. The highest BCUT2D eigenvalue weighted by molar-refractivity contribution is 6.03. The summed E-state index contributed by atoms with van der Waals surface area (Å²) in [5, 5.41) is 8.94. The third kappa shape index (κ3) is 4.14. The number of alkyl halides is 2. The van der Waals surface area contributed by atoms with Crippen LogP contribution in [-0.4, -0.2) is 27.7 Å². The molecule has 25 heavy (non-hydrogen) atoms. The zero-order valence-electron chi connectivity index (χ0n) is 12.5. The molecule has 3 rings (SSSR count). The van der Waals surface area contributed by atoms with Crippen molar-refractivity contribution < 1.29 is 22.7 Å². The number of aromatic nitrogens is 3. The van der Waals surface area contributed by atoms with Crippen molar-refractivity contribution in [3.63, 3.8) is 0 Å². The van der Waals surface area contributed by atoms with E-state index in [-0.39, 0.29) is 23.1 Å². The number of benzene rings is 2. The lowest BCUT2D eigenvalue weighted by Crippen LogP contribution is -2.13. The topological polar surface area (TPSA) is 79.9 Å². The predicted molar refractivity (Wildman–Crippen MR) is 82.8 cm³/mol. The lowest BCUT2D eigenvalue weighted by molar-refractivity contribution is -0.0498. The number of hydrogen-bond acceptors (Lipinski definition) is 4. The van der Waals surface area contributed by atoms with Crippen LogP contribution in [0.25, 0.3) is 11.4 Å². The van der Waals surface area contributed by atoms with E-state index in [1.54, 1.807) is 0 Å². The predicted octanol–water partition coefficient (Wildman–Crippen LogP) is 3.46. The molecule has 0 unspecified atom stereocenters. The van der Waals surface area contributed by atoms with Crippen LogP contribution in [0, 0.1) is 5.82 Å². The first kappa shape index (κ1) is 16.5. The fraction of sp³-hybridized carbons (Fsp3) is 0.0625. The molecule has 2 aromatic carbocycles. The van der Waals surface area contributed by atoms with Gasteiger partial charge in [-0.25, -0.2) is 4.39 Å². The summed E-state index contributed by atoms with van der Waals surface area (Å²) in [6.45, 7) is -2.93. The Morgan fingerprint density at radius 3 is 2.40 bits per heavy atom. The first-order chi connectivity index (χ1) is 12.0. The molecule has 1 aromatic heterocycles. The van der Waals surface area contributed by atoms with E-state index in [0.717, 1.165) is 0 Å². The molecule has 0 spiro atoms. The molecule has 1 heterocycles. The Morgan fingerprint density at radius 1 is 1.08 bits per heavy atom. The molecule has 9 heteroatoms.